The summed E-state index contributed by atoms with van der Waals surface area (Å²) in [5.41, 5.74) is 0.847. The van der Waals surface area contributed by atoms with Crippen molar-refractivity contribution in [2.45, 2.75) is 6.92 Å². The molecule has 1 rings (SSSR count). The molecular formula is C10H11O2S. The zero-order chi connectivity index (χ0) is 9.73. The van der Waals surface area contributed by atoms with Crippen molar-refractivity contribution in [1.29, 1.82) is 0 Å². The van der Waals surface area contributed by atoms with Crippen molar-refractivity contribution >= 4 is 15.9 Å². The number of benzene rings is 1. The van der Waals surface area contributed by atoms with E-state index in [0.717, 1.165) is 5.56 Å². The monoisotopic (exact) mass is 195 g/mol. The third-order valence-corrected chi connectivity index (χ3v) is 2.96. The number of sulfone groups is 1. The lowest BCUT2D eigenvalue weighted by molar-refractivity contribution is 0.606. The van der Waals surface area contributed by atoms with Crippen LogP contribution < -0.4 is 0 Å². The van der Waals surface area contributed by atoms with Gasteiger partial charge in [-0.2, -0.15) is 0 Å². The average Bonchev–Trinajstić information content (AvgIpc) is 2.17. The summed E-state index contributed by atoms with van der Waals surface area (Å²) < 4.78 is 22.2. The van der Waals surface area contributed by atoms with E-state index in [0.29, 0.717) is 0 Å². The standard InChI is InChI=1S/C10H11O2S/c1-2-13(11,12)9-8-10-6-4-3-5-7-10/h3-4,6-9H,2H2,1H3/b9-8+. The second-order valence-electron chi connectivity index (χ2n) is 2.59. The number of rotatable bonds is 3. The molecule has 0 N–H and O–H groups in total. The van der Waals surface area contributed by atoms with Gasteiger partial charge in [0.2, 0.25) is 0 Å². The van der Waals surface area contributed by atoms with Crippen LogP contribution in [-0.2, 0) is 9.84 Å². The van der Waals surface area contributed by atoms with Crippen LogP contribution in [0, 0.1) is 6.07 Å². The molecule has 0 unspecified atom stereocenters. The molecule has 1 aromatic rings. The van der Waals surface area contributed by atoms with Crippen molar-refractivity contribution in [3.8, 4) is 0 Å². The molecule has 0 fully saturated rings. The molecule has 0 atom stereocenters. The first-order chi connectivity index (χ1) is 6.14. The highest BCUT2D eigenvalue weighted by molar-refractivity contribution is 7.94. The SMILES string of the molecule is CCS(=O)(=O)/C=C/c1c[c]ccc1. The van der Waals surface area contributed by atoms with Crippen molar-refractivity contribution < 1.29 is 8.42 Å². The van der Waals surface area contributed by atoms with E-state index in [4.69, 9.17) is 0 Å². The Morgan fingerprint density at radius 1 is 1.54 bits per heavy atom. The fraction of sp³-hybridized carbons (Fsp3) is 0.200. The summed E-state index contributed by atoms with van der Waals surface area (Å²) >= 11 is 0. The van der Waals surface area contributed by atoms with Gasteiger partial charge >= 0.3 is 0 Å². The molecule has 0 aliphatic heterocycles. The van der Waals surface area contributed by atoms with Crippen LogP contribution in [0.4, 0.5) is 0 Å². The summed E-state index contributed by atoms with van der Waals surface area (Å²) in [5.74, 6) is 0.139. The lowest BCUT2D eigenvalue weighted by Gasteiger charge is -1.92. The van der Waals surface area contributed by atoms with Gasteiger partial charge in [-0.15, -0.1) is 0 Å². The smallest absolute Gasteiger partial charge is 0.171 e. The summed E-state index contributed by atoms with van der Waals surface area (Å²) in [7, 11) is -3.01. The van der Waals surface area contributed by atoms with Gasteiger partial charge in [0.25, 0.3) is 0 Å². The van der Waals surface area contributed by atoms with Gasteiger partial charge in [-0.25, -0.2) is 8.42 Å². The Hall–Kier alpha value is -1.09. The second-order valence-corrected chi connectivity index (χ2v) is 4.77. The van der Waals surface area contributed by atoms with Crippen molar-refractivity contribution in [2.24, 2.45) is 0 Å². The molecule has 1 aromatic carbocycles. The first kappa shape index (κ1) is 9.99. The van der Waals surface area contributed by atoms with Crippen molar-refractivity contribution in [3.63, 3.8) is 0 Å². The van der Waals surface area contributed by atoms with Crippen LogP contribution >= 0.6 is 0 Å². The summed E-state index contributed by atoms with van der Waals surface area (Å²) in [6.45, 7) is 1.62. The van der Waals surface area contributed by atoms with E-state index in [1.54, 1.807) is 25.1 Å². The van der Waals surface area contributed by atoms with Crippen LogP contribution in [0.25, 0.3) is 6.08 Å². The van der Waals surface area contributed by atoms with Crippen LogP contribution in [0.15, 0.2) is 29.7 Å². The highest BCUT2D eigenvalue weighted by Crippen LogP contribution is 2.02. The maximum atomic E-state index is 11.1. The van der Waals surface area contributed by atoms with E-state index < -0.39 is 9.84 Å². The van der Waals surface area contributed by atoms with E-state index in [1.165, 1.54) is 5.41 Å². The molecule has 0 amide bonds. The Kier molecular flexibility index (Phi) is 3.25. The van der Waals surface area contributed by atoms with E-state index in [9.17, 15) is 8.42 Å². The highest BCUT2D eigenvalue weighted by Gasteiger charge is 1.99. The first-order valence-corrected chi connectivity index (χ1v) is 5.72. The van der Waals surface area contributed by atoms with Gasteiger partial charge in [0.1, 0.15) is 0 Å². The van der Waals surface area contributed by atoms with Crippen molar-refractivity contribution in [1.82, 2.24) is 0 Å². The van der Waals surface area contributed by atoms with Crippen LogP contribution in [0.2, 0.25) is 0 Å². The molecule has 13 heavy (non-hydrogen) atoms. The van der Waals surface area contributed by atoms with Crippen molar-refractivity contribution in [3.05, 3.63) is 41.3 Å². The molecule has 0 bridgehead atoms. The molecule has 0 aromatic heterocycles. The zero-order valence-corrected chi connectivity index (χ0v) is 8.21. The van der Waals surface area contributed by atoms with E-state index in [-0.39, 0.29) is 5.75 Å². The van der Waals surface area contributed by atoms with E-state index in [1.807, 2.05) is 12.1 Å². The second kappa shape index (κ2) is 4.23. The maximum Gasteiger partial charge on any atom is 0.171 e. The van der Waals surface area contributed by atoms with Gasteiger partial charge in [0, 0.05) is 5.41 Å². The Labute approximate surface area is 78.8 Å². The summed E-state index contributed by atoms with van der Waals surface area (Å²) in [4.78, 5) is 0. The summed E-state index contributed by atoms with van der Waals surface area (Å²) in [6, 6.07) is 10.0. The number of hydrogen-bond donors (Lipinski definition) is 0. The lowest BCUT2D eigenvalue weighted by Crippen LogP contribution is -1.96. The van der Waals surface area contributed by atoms with Crippen LogP contribution in [-0.4, -0.2) is 14.2 Å². The molecule has 0 saturated heterocycles. The molecule has 0 spiro atoms. The Balaban J connectivity index is 2.82. The van der Waals surface area contributed by atoms with Gasteiger partial charge < -0.3 is 0 Å². The number of hydrogen-bond acceptors (Lipinski definition) is 2. The molecule has 0 saturated carbocycles. The van der Waals surface area contributed by atoms with Crippen LogP contribution in [0.1, 0.15) is 12.5 Å². The highest BCUT2D eigenvalue weighted by atomic mass is 32.2. The van der Waals surface area contributed by atoms with Gasteiger partial charge in [0.15, 0.2) is 9.84 Å². The van der Waals surface area contributed by atoms with Crippen LogP contribution in [0.3, 0.4) is 0 Å². The Morgan fingerprint density at radius 2 is 2.31 bits per heavy atom. The Bertz CT molecular complexity index is 377. The topological polar surface area (TPSA) is 34.1 Å². The third-order valence-electron chi connectivity index (χ3n) is 1.60. The van der Waals surface area contributed by atoms with E-state index >= 15 is 0 Å². The predicted molar refractivity (Wildman–Crippen MR) is 53.8 cm³/mol. The molecular weight excluding hydrogens is 184 g/mol. The van der Waals surface area contributed by atoms with Crippen molar-refractivity contribution in [2.75, 3.05) is 5.75 Å². The van der Waals surface area contributed by atoms with Gasteiger partial charge in [0.05, 0.1) is 5.75 Å². The predicted octanol–water partition coefficient (Wildman–Crippen LogP) is 1.89. The largest absolute Gasteiger partial charge is 0.224 e. The minimum absolute atomic E-state index is 0.139. The maximum absolute atomic E-state index is 11.1. The first-order valence-electron chi connectivity index (χ1n) is 4.01. The zero-order valence-electron chi connectivity index (χ0n) is 7.40. The lowest BCUT2D eigenvalue weighted by atomic mass is 10.2. The third kappa shape index (κ3) is 3.42. The minimum Gasteiger partial charge on any atom is -0.224 e. The molecule has 69 valence electrons. The van der Waals surface area contributed by atoms with Gasteiger partial charge in [-0.3, -0.25) is 0 Å². The summed E-state index contributed by atoms with van der Waals surface area (Å²) in [5, 5.41) is 1.23. The van der Waals surface area contributed by atoms with Crippen LogP contribution in [0.5, 0.6) is 0 Å². The molecule has 0 aliphatic carbocycles. The molecule has 2 nitrogen and oxygen atoms in total. The van der Waals surface area contributed by atoms with Gasteiger partial charge in [-0.1, -0.05) is 25.1 Å². The molecule has 3 heteroatoms. The fourth-order valence-corrected chi connectivity index (χ4v) is 1.35. The van der Waals surface area contributed by atoms with Gasteiger partial charge in [-0.05, 0) is 23.8 Å². The average molecular weight is 195 g/mol. The fourth-order valence-electron chi connectivity index (χ4n) is 0.789. The molecule has 0 heterocycles. The quantitative estimate of drug-likeness (QED) is 0.738. The van der Waals surface area contributed by atoms with E-state index in [2.05, 4.69) is 6.07 Å². The summed E-state index contributed by atoms with van der Waals surface area (Å²) in [6.07, 6.45) is 1.58. The normalized spacial score (nSPS) is 12.1. The molecule has 1 radical (unpaired) electrons. The Morgan fingerprint density at radius 3 is 2.85 bits per heavy atom. The minimum atomic E-state index is -3.01. The molecule has 0 aliphatic rings.